The Bertz CT molecular complexity index is 720. The number of nitrogens with one attached hydrogen (secondary N) is 1. The van der Waals surface area contributed by atoms with E-state index in [1.165, 1.54) is 43.5 Å². The molecule has 0 saturated carbocycles. The fourth-order valence-corrected chi connectivity index (χ4v) is 3.60. The highest BCUT2D eigenvalue weighted by Gasteiger charge is 2.10. The molecule has 1 aliphatic rings. The Hall–Kier alpha value is -2.13. The molecule has 26 heavy (non-hydrogen) atoms. The number of rotatable bonds is 7. The van der Waals surface area contributed by atoms with Crippen LogP contribution < -0.4 is 5.32 Å². The maximum Gasteiger partial charge on any atom is 0.251 e. The maximum absolute atomic E-state index is 12.5. The zero-order valence-electron chi connectivity index (χ0n) is 15.8. The molecule has 3 rings (SSSR count). The third kappa shape index (κ3) is 5.18. The molecule has 0 aliphatic carbocycles. The van der Waals surface area contributed by atoms with Crippen LogP contribution in [0.2, 0.25) is 0 Å². The lowest BCUT2D eigenvalue weighted by atomic mass is 10.00. The summed E-state index contributed by atoms with van der Waals surface area (Å²) in [7, 11) is 0. The van der Waals surface area contributed by atoms with Crippen LogP contribution in [0.15, 0.2) is 48.5 Å². The van der Waals surface area contributed by atoms with Crippen LogP contribution in [0.5, 0.6) is 0 Å². The van der Waals surface area contributed by atoms with E-state index in [4.69, 9.17) is 0 Å². The largest absolute Gasteiger partial charge is 0.352 e. The first-order valence-electron chi connectivity index (χ1n) is 9.96. The van der Waals surface area contributed by atoms with E-state index in [2.05, 4.69) is 47.5 Å². The van der Waals surface area contributed by atoms with Gasteiger partial charge in [0.2, 0.25) is 0 Å². The third-order valence-electron chi connectivity index (χ3n) is 5.18. The number of amides is 1. The molecule has 1 aliphatic heterocycles. The predicted molar refractivity (Wildman–Crippen MR) is 108 cm³/mol. The van der Waals surface area contributed by atoms with Gasteiger partial charge in [-0.1, -0.05) is 49.7 Å². The number of carbonyl (C=O) groups excluding carboxylic acids is 1. The SMILES string of the molecule is CCc1cccc(-c2cccc(C(=O)NCCCN3CCCCC3)c2)c1. The Morgan fingerprint density at radius 1 is 1.00 bits per heavy atom. The molecule has 1 fully saturated rings. The van der Waals surface area contributed by atoms with Gasteiger partial charge in [0.05, 0.1) is 0 Å². The highest BCUT2D eigenvalue weighted by atomic mass is 16.1. The zero-order valence-corrected chi connectivity index (χ0v) is 15.8. The van der Waals surface area contributed by atoms with E-state index in [0.717, 1.165) is 37.1 Å². The van der Waals surface area contributed by atoms with Crippen LogP contribution in [0.3, 0.4) is 0 Å². The van der Waals surface area contributed by atoms with Crippen molar-refractivity contribution < 1.29 is 4.79 Å². The second-order valence-electron chi connectivity index (χ2n) is 7.15. The minimum Gasteiger partial charge on any atom is -0.352 e. The molecule has 138 valence electrons. The summed E-state index contributed by atoms with van der Waals surface area (Å²) in [4.78, 5) is 15.0. The summed E-state index contributed by atoms with van der Waals surface area (Å²) in [6.07, 6.45) is 6.04. The fraction of sp³-hybridized carbons (Fsp3) is 0.435. The molecule has 1 saturated heterocycles. The van der Waals surface area contributed by atoms with Crippen molar-refractivity contribution >= 4 is 5.91 Å². The van der Waals surface area contributed by atoms with Gasteiger partial charge >= 0.3 is 0 Å². The average Bonchev–Trinajstić information content (AvgIpc) is 2.72. The van der Waals surface area contributed by atoms with Crippen molar-refractivity contribution in [2.45, 2.75) is 39.0 Å². The number of nitrogens with zero attached hydrogens (tertiary/aromatic N) is 1. The number of hydrogen-bond acceptors (Lipinski definition) is 2. The van der Waals surface area contributed by atoms with Crippen LogP contribution in [0.1, 0.15) is 48.5 Å². The minimum absolute atomic E-state index is 0.0251. The lowest BCUT2D eigenvalue weighted by Gasteiger charge is -2.26. The van der Waals surface area contributed by atoms with Crippen molar-refractivity contribution in [1.29, 1.82) is 0 Å². The molecular formula is C23H30N2O. The van der Waals surface area contributed by atoms with Crippen LogP contribution in [-0.2, 0) is 6.42 Å². The van der Waals surface area contributed by atoms with Crippen LogP contribution in [0, 0.1) is 0 Å². The number of carbonyl (C=O) groups is 1. The van der Waals surface area contributed by atoms with Gasteiger partial charge in [-0.25, -0.2) is 0 Å². The van der Waals surface area contributed by atoms with Gasteiger partial charge in [0, 0.05) is 12.1 Å². The van der Waals surface area contributed by atoms with E-state index in [9.17, 15) is 4.79 Å². The first kappa shape index (κ1) is 18.7. The molecule has 2 aromatic rings. The Morgan fingerprint density at radius 3 is 2.50 bits per heavy atom. The number of benzene rings is 2. The molecule has 1 heterocycles. The number of aryl methyl sites for hydroxylation is 1. The normalized spacial score (nSPS) is 15.0. The number of hydrogen-bond donors (Lipinski definition) is 1. The molecule has 0 atom stereocenters. The smallest absolute Gasteiger partial charge is 0.251 e. The summed E-state index contributed by atoms with van der Waals surface area (Å²) in [5.74, 6) is 0.0251. The molecule has 3 nitrogen and oxygen atoms in total. The van der Waals surface area contributed by atoms with E-state index in [1.54, 1.807) is 0 Å². The maximum atomic E-state index is 12.5. The Balaban J connectivity index is 1.54. The molecule has 0 radical (unpaired) electrons. The monoisotopic (exact) mass is 350 g/mol. The van der Waals surface area contributed by atoms with Crippen molar-refractivity contribution in [3.63, 3.8) is 0 Å². The first-order valence-corrected chi connectivity index (χ1v) is 9.96. The highest BCUT2D eigenvalue weighted by Crippen LogP contribution is 2.22. The van der Waals surface area contributed by atoms with Gasteiger partial charge in [0.25, 0.3) is 5.91 Å². The van der Waals surface area contributed by atoms with Crippen molar-refractivity contribution in [3.8, 4) is 11.1 Å². The van der Waals surface area contributed by atoms with Crippen LogP contribution in [0.25, 0.3) is 11.1 Å². The van der Waals surface area contributed by atoms with E-state index < -0.39 is 0 Å². The van der Waals surface area contributed by atoms with Crippen molar-refractivity contribution in [2.24, 2.45) is 0 Å². The van der Waals surface area contributed by atoms with Gasteiger partial charge in [-0.05, 0) is 74.1 Å². The van der Waals surface area contributed by atoms with Gasteiger partial charge in [-0.3, -0.25) is 4.79 Å². The fourth-order valence-electron chi connectivity index (χ4n) is 3.60. The second-order valence-corrected chi connectivity index (χ2v) is 7.15. The van der Waals surface area contributed by atoms with Crippen molar-refractivity contribution in [1.82, 2.24) is 10.2 Å². The molecular weight excluding hydrogens is 320 g/mol. The minimum atomic E-state index is 0.0251. The molecule has 1 N–H and O–H groups in total. The Morgan fingerprint density at radius 2 is 1.73 bits per heavy atom. The molecule has 0 unspecified atom stereocenters. The van der Waals surface area contributed by atoms with Gasteiger partial charge in [-0.15, -0.1) is 0 Å². The Labute approximate surface area is 157 Å². The summed E-state index contributed by atoms with van der Waals surface area (Å²) < 4.78 is 0. The number of piperidine rings is 1. The average molecular weight is 351 g/mol. The first-order chi connectivity index (χ1) is 12.8. The Kier molecular flexibility index (Phi) is 6.84. The molecule has 1 amide bonds. The summed E-state index contributed by atoms with van der Waals surface area (Å²) in [5.41, 5.74) is 4.32. The summed E-state index contributed by atoms with van der Waals surface area (Å²) in [6, 6.07) is 16.5. The summed E-state index contributed by atoms with van der Waals surface area (Å²) >= 11 is 0. The lowest BCUT2D eigenvalue weighted by Crippen LogP contribution is -2.33. The van der Waals surface area contributed by atoms with E-state index in [0.29, 0.717) is 0 Å². The van der Waals surface area contributed by atoms with Crippen LogP contribution in [-0.4, -0.2) is 37.0 Å². The second kappa shape index (κ2) is 9.54. The van der Waals surface area contributed by atoms with E-state index >= 15 is 0 Å². The zero-order chi connectivity index (χ0) is 18.2. The number of likely N-dealkylation sites (tertiary alicyclic amines) is 1. The van der Waals surface area contributed by atoms with Crippen LogP contribution in [0.4, 0.5) is 0 Å². The molecule has 0 bridgehead atoms. The topological polar surface area (TPSA) is 32.3 Å². The van der Waals surface area contributed by atoms with Gasteiger partial charge in [-0.2, -0.15) is 0 Å². The quantitative estimate of drug-likeness (QED) is 0.745. The molecule has 2 aromatic carbocycles. The van der Waals surface area contributed by atoms with E-state index in [1.807, 2.05) is 18.2 Å². The molecule has 0 spiro atoms. The van der Waals surface area contributed by atoms with Crippen molar-refractivity contribution in [2.75, 3.05) is 26.2 Å². The molecule has 3 heteroatoms. The lowest BCUT2D eigenvalue weighted by molar-refractivity contribution is 0.0951. The highest BCUT2D eigenvalue weighted by molar-refractivity contribution is 5.95. The predicted octanol–water partition coefficient (Wildman–Crippen LogP) is 4.52. The van der Waals surface area contributed by atoms with Gasteiger partial charge in [0.15, 0.2) is 0 Å². The van der Waals surface area contributed by atoms with Crippen molar-refractivity contribution in [3.05, 3.63) is 59.7 Å². The van der Waals surface area contributed by atoms with Gasteiger partial charge < -0.3 is 10.2 Å². The standard InChI is InChI=1S/C23H30N2O/c1-2-19-9-6-10-20(17-19)21-11-7-12-22(18-21)23(26)24-13-8-16-25-14-4-3-5-15-25/h6-7,9-12,17-18H,2-5,8,13-16H2,1H3,(H,24,26). The summed E-state index contributed by atoms with van der Waals surface area (Å²) in [5, 5.41) is 3.07. The molecule has 0 aromatic heterocycles. The van der Waals surface area contributed by atoms with E-state index in [-0.39, 0.29) is 5.91 Å². The summed E-state index contributed by atoms with van der Waals surface area (Å²) in [6.45, 7) is 6.42. The van der Waals surface area contributed by atoms with Gasteiger partial charge in [0.1, 0.15) is 0 Å². The third-order valence-corrected chi connectivity index (χ3v) is 5.18. The van der Waals surface area contributed by atoms with Crippen LogP contribution >= 0.6 is 0 Å².